The van der Waals surface area contributed by atoms with E-state index in [2.05, 4.69) is 35.8 Å². The van der Waals surface area contributed by atoms with E-state index in [4.69, 9.17) is 4.52 Å². The van der Waals surface area contributed by atoms with Gasteiger partial charge in [-0.25, -0.2) is 9.98 Å². The predicted octanol–water partition coefficient (Wildman–Crippen LogP) is 1.01. The molecule has 0 fully saturated rings. The summed E-state index contributed by atoms with van der Waals surface area (Å²) in [5.41, 5.74) is 0. The summed E-state index contributed by atoms with van der Waals surface area (Å²) in [5, 5.41) is 14.5. The third-order valence-corrected chi connectivity index (χ3v) is 3.39. The van der Waals surface area contributed by atoms with Gasteiger partial charge in [-0.15, -0.1) is 0 Å². The Labute approximate surface area is 142 Å². The van der Waals surface area contributed by atoms with Gasteiger partial charge in [-0.2, -0.15) is 10.1 Å². The number of guanidine groups is 1. The highest BCUT2D eigenvalue weighted by Crippen LogP contribution is 2.10. The molecule has 2 aromatic heterocycles. The van der Waals surface area contributed by atoms with Gasteiger partial charge in [0, 0.05) is 32.5 Å². The molecular formula is C15H26N8O. The van der Waals surface area contributed by atoms with Crippen LogP contribution in [0.15, 0.2) is 15.8 Å². The van der Waals surface area contributed by atoms with E-state index in [9.17, 15) is 0 Å². The van der Waals surface area contributed by atoms with Crippen molar-refractivity contribution in [1.82, 2.24) is 35.5 Å². The minimum Gasteiger partial charge on any atom is -0.357 e. The number of nitrogens with zero attached hydrogens (tertiary/aromatic N) is 6. The van der Waals surface area contributed by atoms with Crippen molar-refractivity contribution in [3.8, 4) is 0 Å². The van der Waals surface area contributed by atoms with E-state index >= 15 is 0 Å². The molecule has 0 radical (unpaired) electrons. The zero-order valence-corrected chi connectivity index (χ0v) is 14.8. The maximum absolute atomic E-state index is 5.24. The first-order chi connectivity index (χ1) is 11.6. The minimum absolute atomic E-state index is 0.286. The van der Waals surface area contributed by atoms with Crippen LogP contribution in [0.5, 0.6) is 0 Å². The van der Waals surface area contributed by atoms with Gasteiger partial charge in [-0.05, 0) is 13.3 Å². The molecule has 2 heterocycles. The highest BCUT2D eigenvalue weighted by atomic mass is 16.5. The van der Waals surface area contributed by atoms with E-state index in [1.807, 2.05) is 27.8 Å². The second-order valence-corrected chi connectivity index (χ2v) is 5.73. The van der Waals surface area contributed by atoms with Crippen LogP contribution in [0.1, 0.15) is 50.6 Å². The molecule has 0 aliphatic carbocycles. The van der Waals surface area contributed by atoms with Crippen molar-refractivity contribution in [3.63, 3.8) is 0 Å². The number of hydrogen-bond donors (Lipinski definition) is 2. The van der Waals surface area contributed by atoms with E-state index in [1.165, 1.54) is 6.33 Å². The molecule has 132 valence electrons. The summed E-state index contributed by atoms with van der Waals surface area (Å²) in [5.74, 6) is 3.31. The fourth-order valence-corrected chi connectivity index (χ4v) is 2.01. The summed E-state index contributed by atoms with van der Waals surface area (Å²) < 4.78 is 6.95. The van der Waals surface area contributed by atoms with Gasteiger partial charge in [-0.3, -0.25) is 4.68 Å². The van der Waals surface area contributed by atoms with Crippen molar-refractivity contribution in [1.29, 1.82) is 0 Å². The molecule has 9 heteroatoms. The molecule has 0 amide bonds. The highest BCUT2D eigenvalue weighted by Gasteiger charge is 2.09. The maximum Gasteiger partial charge on any atom is 0.226 e. The van der Waals surface area contributed by atoms with Gasteiger partial charge >= 0.3 is 0 Å². The Morgan fingerprint density at radius 1 is 1.38 bits per heavy atom. The van der Waals surface area contributed by atoms with Crippen LogP contribution in [0.25, 0.3) is 0 Å². The topological polar surface area (TPSA) is 106 Å². The Kier molecular flexibility index (Phi) is 6.71. The molecule has 0 saturated carbocycles. The lowest BCUT2D eigenvalue weighted by atomic mass is 10.2. The average Bonchev–Trinajstić information content (AvgIpc) is 3.18. The van der Waals surface area contributed by atoms with Crippen molar-refractivity contribution >= 4 is 5.96 Å². The van der Waals surface area contributed by atoms with Gasteiger partial charge in [0.15, 0.2) is 11.8 Å². The molecule has 2 N–H and O–H groups in total. The van der Waals surface area contributed by atoms with Gasteiger partial charge in [0.2, 0.25) is 5.89 Å². The predicted molar refractivity (Wildman–Crippen MR) is 90.5 cm³/mol. The average molecular weight is 334 g/mol. The Bertz CT molecular complexity index is 645. The number of aromatic nitrogens is 5. The van der Waals surface area contributed by atoms with E-state index in [0.717, 1.165) is 43.5 Å². The molecule has 0 saturated heterocycles. The SMILES string of the molecule is CCNC(=NCc1ncnn1C)NCCCc1nc(C(C)C)no1. The second kappa shape index (κ2) is 8.99. The van der Waals surface area contributed by atoms with Crippen LogP contribution in [0, 0.1) is 0 Å². The third kappa shape index (κ3) is 5.32. The molecule has 2 aromatic rings. The van der Waals surface area contributed by atoms with Gasteiger partial charge in [-0.1, -0.05) is 19.0 Å². The van der Waals surface area contributed by atoms with Crippen molar-refractivity contribution in [3.05, 3.63) is 23.9 Å². The second-order valence-electron chi connectivity index (χ2n) is 5.73. The van der Waals surface area contributed by atoms with E-state index < -0.39 is 0 Å². The summed E-state index contributed by atoms with van der Waals surface area (Å²) >= 11 is 0. The molecule has 0 unspecified atom stereocenters. The van der Waals surface area contributed by atoms with Crippen molar-refractivity contribution in [2.45, 2.75) is 46.1 Å². The highest BCUT2D eigenvalue weighted by molar-refractivity contribution is 5.79. The van der Waals surface area contributed by atoms with Crippen LogP contribution in [-0.2, 0) is 20.0 Å². The summed E-state index contributed by atoms with van der Waals surface area (Å²) in [4.78, 5) is 13.0. The molecule has 0 aromatic carbocycles. The number of nitrogens with one attached hydrogen (secondary N) is 2. The number of rotatable bonds is 8. The molecule has 0 atom stereocenters. The lowest BCUT2D eigenvalue weighted by Gasteiger charge is -2.10. The van der Waals surface area contributed by atoms with E-state index in [-0.39, 0.29) is 5.92 Å². The first kappa shape index (κ1) is 17.9. The summed E-state index contributed by atoms with van der Waals surface area (Å²) in [6, 6.07) is 0. The molecule has 2 rings (SSSR count). The Hall–Kier alpha value is -2.45. The zero-order chi connectivity index (χ0) is 17.4. The van der Waals surface area contributed by atoms with Crippen LogP contribution in [0.2, 0.25) is 0 Å². The minimum atomic E-state index is 0.286. The third-order valence-electron chi connectivity index (χ3n) is 3.39. The molecule has 0 bridgehead atoms. The maximum atomic E-state index is 5.24. The summed E-state index contributed by atoms with van der Waals surface area (Å²) in [6.07, 6.45) is 3.16. The molecule has 9 nitrogen and oxygen atoms in total. The first-order valence-electron chi connectivity index (χ1n) is 8.27. The van der Waals surface area contributed by atoms with Crippen molar-refractivity contribution < 1.29 is 4.52 Å². The van der Waals surface area contributed by atoms with Crippen LogP contribution in [0.4, 0.5) is 0 Å². The Morgan fingerprint density at radius 2 is 2.21 bits per heavy atom. The monoisotopic (exact) mass is 334 g/mol. The van der Waals surface area contributed by atoms with Crippen LogP contribution in [0.3, 0.4) is 0 Å². The normalized spacial score (nSPS) is 12.0. The largest absolute Gasteiger partial charge is 0.357 e. The molecule has 0 aliphatic heterocycles. The number of hydrogen-bond acceptors (Lipinski definition) is 6. The summed E-state index contributed by atoms with van der Waals surface area (Å²) in [7, 11) is 1.86. The van der Waals surface area contributed by atoms with Crippen LogP contribution >= 0.6 is 0 Å². The van der Waals surface area contributed by atoms with Crippen molar-refractivity contribution in [2.75, 3.05) is 13.1 Å². The molecule has 24 heavy (non-hydrogen) atoms. The fraction of sp³-hybridized carbons (Fsp3) is 0.667. The van der Waals surface area contributed by atoms with Gasteiger partial charge < -0.3 is 15.2 Å². The number of aliphatic imine (C=N–C) groups is 1. The Morgan fingerprint density at radius 3 is 2.83 bits per heavy atom. The Balaban J connectivity index is 1.77. The van der Waals surface area contributed by atoms with Gasteiger partial charge in [0.1, 0.15) is 18.7 Å². The van der Waals surface area contributed by atoms with Gasteiger partial charge in [0.25, 0.3) is 0 Å². The molecular weight excluding hydrogens is 308 g/mol. The summed E-state index contributed by atoms with van der Waals surface area (Å²) in [6.45, 7) is 8.17. The van der Waals surface area contributed by atoms with Gasteiger partial charge in [0.05, 0.1) is 0 Å². The quantitative estimate of drug-likeness (QED) is 0.421. The molecule has 0 aliphatic rings. The van der Waals surface area contributed by atoms with Crippen molar-refractivity contribution in [2.24, 2.45) is 12.0 Å². The zero-order valence-electron chi connectivity index (χ0n) is 14.8. The smallest absolute Gasteiger partial charge is 0.226 e. The first-order valence-corrected chi connectivity index (χ1v) is 8.27. The van der Waals surface area contributed by atoms with Crippen LogP contribution < -0.4 is 10.6 Å². The number of aryl methyl sites for hydroxylation is 2. The van der Waals surface area contributed by atoms with E-state index in [0.29, 0.717) is 12.4 Å². The van der Waals surface area contributed by atoms with Crippen LogP contribution in [-0.4, -0.2) is 44.0 Å². The lowest BCUT2D eigenvalue weighted by Crippen LogP contribution is -2.38. The van der Waals surface area contributed by atoms with E-state index in [1.54, 1.807) is 4.68 Å². The lowest BCUT2D eigenvalue weighted by molar-refractivity contribution is 0.368. The standard InChI is InChI=1S/C15H26N8O/c1-5-16-15(18-9-12-19-10-20-23(12)4)17-8-6-7-13-21-14(11(2)3)22-24-13/h10-11H,5-9H2,1-4H3,(H2,16,17,18). The molecule has 0 spiro atoms. The fourth-order valence-electron chi connectivity index (χ4n) is 2.01.